The van der Waals surface area contributed by atoms with Gasteiger partial charge in [-0.25, -0.2) is 0 Å². The molecule has 3 nitrogen and oxygen atoms in total. The number of hydrogen-bond donors (Lipinski definition) is 1. The minimum Gasteiger partial charge on any atom is -0.507 e. The van der Waals surface area contributed by atoms with Crippen molar-refractivity contribution in [2.75, 3.05) is 0 Å². The third kappa shape index (κ3) is 6.56. The normalized spacial score (nSPS) is 10.6. The molecule has 0 aliphatic heterocycles. The summed E-state index contributed by atoms with van der Waals surface area (Å²) >= 11 is 0. The number of hydrogen-bond acceptors (Lipinski definition) is 3. The molecule has 0 bridgehead atoms. The maximum absolute atomic E-state index is 12.0. The summed E-state index contributed by atoms with van der Waals surface area (Å²) in [4.78, 5) is 22.8. The SMILES string of the molecule is CC(=O)CCCCCCCCC(=O)c1cccc(C)c1O. The van der Waals surface area contributed by atoms with Gasteiger partial charge in [-0.2, -0.15) is 0 Å². The first-order chi connectivity index (χ1) is 10.0. The molecule has 21 heavy (non-hydrogen) atoms. The fourth-order valence-corrected chi connectivity index (χ4v) is 2.39. The molecule has 0 aliphatic rings. The van der Waals surface area contributed by atoms with Gasteiger partial charge in [-0.05, 0) is 38.3 Å². The fraction of sp³-hybridized carbons (Fsp3) is 0.556. The van der Waals surface area contributed by atoms with Gasteiger partial charge in [0, 0.05) is 12.8 Å². The second-order valence-corrected chi connectivity index (χ2v) is 5.72. The van der Waals surface area contributed by atoms with Crippen LogP contribution in [0.2, 0.25) is 0 Å². The number of aromatic hydroxyl groups is 1. The van der Waals surface area contributed by atoms with Crippen LogP contribution in [0.3, 0.4) is 0 Å². The van der Waals surface area contributed by atoms with E-state index in [0.29, 0.717) is 18.4 Å². The Hall–Kier alpha value is -1.64. The molecule has 0 unspecified atom stereocenters. The minimum absolute atomic E-state index is 0.0211. The monoisotopic (exact) mass is 290 g/mol. The van der Waals surface area contributed by atoms with E-state index in [-0.39, 0.29) is 17.3 Å². The van der Waals surface area contributed by atoms with Crippen molar-refractivity contribution in [2.45, 2.75) is 65.2 Å². The number of aryl methyl sites for hydroxylation is 1. The van der Waals surface area contributed by atoms with Crippen LogP contribution in [0.15, 0.2) is 18.2 Å². The van der Waals surface area contributed by atoms with E-state index >= 15 is 0 Å². The van der Waals surface area contributed by atoms with Crippen molar-refractivity contribution in [3.63, 3.8) is 0 Å². The number of Topliss-reactive ketones (excluding diaryl/α,β-unsaturated/α-hetero) is 2. The van der Waals surface area contributed by atoms with Crippen molar-refractivity contribution in [3.05, 3.63) is 29.3 Å². The maximum atomic E-state index is 12.0. The molecule has 0 atom stereocenters. The summed E-state index contributed by atoms with van der Waals surface area (Å²) in [6.45, 7) is 3.43. The number of benzene rings is 1. The summed E-state index contributed by atoms with van der Waals surface area (Å²) in [5.41, 5.74) is 1.18. The van der Waals surface area contributed by atoms with E-state index in [0.717, 1.165) is 44.1 Å². The summed E-state index contributed by atoms with van der Waals surface area (Å²) in [5, 5.41) is 9.86. The van der Waals surface area contributed by atoms with Crippen LogP contribution in [0.1, 0.15) is 74.2 Å². The molecule has 0 aromatic heterocycles. The topological polar surface area (TPSA) is 54.4 Å². The Balaban J connectivity index is 2.17. The molecule has 0 radical (unpaired) electrons. The first-order valence-electron chi connectivity index (χ1n) is 7.83. The highest BCUT2D eigenvalue weighted by molar-refractivity contribution is 5.98. The van der Waals surface area contributed by atoms with E-state index in [2.05, 4.69) is 0 Å². The van der Waals surface area contributed by atoms with Crippen LogP contribution in [0.4, 0.5) is 0 Å². The van der Waals surface area contributed by atoms with Crippen LogP contribution in [0, 0.1) is 6.92 Å². The Morgan fingerprint density at radius 2 is 1.52 bits per heavy atom. The summed E-state index contributed by atoms with van der Waals surface area (Å²) in [6, 6.07) is 5.29. The van der Waals surface area contributed by atoms with Crippen molar-refractivity contribution in [3.8, 4) is 5.75 Å². The lowest BCUT2D eigenvalue weighted by atomic mass is 10.0. The Kier molecular flexibility index (Phi) is 7.73. The van der Waals surface area contributed by atoms with Crippen molar-refractivity contribution in [1.29, 1.82) is 0 Å². The van der Waals surface area contributed by atoms with Gasteiger partial charge >= 0.3 is 0 Å². The zero-order valence-corrected chi connectivity index (χ0v) is 13.2. The Morgan fingerprint density at radius 1 is 0.952 bits per heavy atom. The number of rotatable bonds is 10. The number of phenols is 1. The maximum Gasteiger partial charge on any atom is 0.166 e. The van der Waals surface area contributed by atoms with E-state index in [1.807, 2.05) is 0 Å². The quantitative estimate of drug-likeness (QED) is 0.506. The molecule has 0 heterocycles. The van der Waals surface area contributed by atoms with Gasteiger partial charge in [0.1, 0.15) is 11.5 Å². The average molecular weight is 290 g/mol. The Morgan fingerprint density at radius 3 is 2.14 bits per heavy atom. The van der Waals surface area contributed by atoms with Crippen molar-refractivity contribution in [2.24, 2.45) is 0 Å². The lowest BCUT2D eigenvalue weighted by Crippen LogP contribution is -2.00. The Bertz CT molecular complexity index is 477. The average Bonchev–Trinajstić information content (AvgIpc) is 2.44. The van der Waals surface area contributed by atoms with Gasteiger partial charge in [0.15, 0.2) is 5.78 Å². The van der Waals surface area contributed by atoms with Gasteiger partial charge in [-0.3, -0.25) is 4.79 Å². The van der Waals surface area contributed by atoms with Crippen molar-refractivity contribution >= 4 is 11.6 Å². The predicted molar refractivity (Wildman–Crippen MR) is 84.8 cm³/mol. The minimum atomic E-state index is 0.0211. The van der Waals surface area contributed by atoms with Crippen molar-refractivity contribution in [1.82, 2.24) is 0 Å². The van der Waals surface area contributed by atoms with Gasteiger partial charge in [0.25, 0.3) is 0 Å². The molecule has 0 saturated carbocycles. The zero-order valence-electron chi connectivity index (χ0n) is 13.2. The zero-order chi connectivity index (χ0) is 15.7. The molecular formula is C18H26O3. The molecule has 0 fully saturated rings. The van der Waals surface area contributed by atoms with Crippen LogP contribution in [-0.2, 0) is 4.79 Å². The smallest absolute Gasteiger partial charge is 0.166 e. The van der Waals surface area contributed by atoms with Crippen LogP contribution >= 0.6 is 0 Å². The van der Waals surface area contributed by atoms with Crippen LogP contribution < -0.4 is 0 Å². The van der Waals surface area contributed by atoms with Gasteiger partial charge in [-0.1, -0.05) is 37.8 Å². The first kappa shape index (κ1) is 17.4. The van der Waals surface area contributed by atoms with Gasteiger partial charge < -0.3 is 9.90 Å². The summed E-state index contributed by atoms with van der Waals surface area (Å²) in [6.07, 6.45) is 7.35. The highest BCUT2D eigenvalue weighted by Gasteiger charge is 2.11. The largest absolute Gasteiger partial charge is 0.507 e. The van der Waals surface area contributed by atoms with E-state index in [9.17, 15) is 14.7 Å². The third-order valence-electron chi connectivity index (χ3n) is 3.72. The summed E-state index contributed by atoms with van der Waals surface area (Å²) in [5.74, 6) is 0.401. The molecule has 1 N–H and O–H groups in total. The first-order valence-corrected chi connectivity index (χ1v) is 7.83. The molecule has 0 saturated heterocycles. The highest BCUT2D eigenvalue weighted by Crippen LogP contribution is 2.23. The number of phenolic OH excluding ortho intramolecular Hbond substituents is 1. The van der Waals surface area contributed by atoms with Crippen molar-refractivity contribution < 1.29 is 14.7 Å². The van der Waals surface area contributed by atoms with E-state index in [4.69, 9.17) is 0 Å². The molecule has 116 valence electrons. The summed E-state index contributed by atoms with van der Waals surface area (Å²) in [7, 11) is 0. The van der Waals surface area contributed by atoms with Crippen LogP contribution in [0.25, 0.3) is 0 Å². The molecule has 1 rings (SSSR count). The number of ketones is 2. The van der Waals surface area contributed by atoms with Crippen LogP contribution in [-0.4, -0.2) is 16.7 Å². The second-order valence-electron chi connectivity index (χ2n) is 5.72. The van der Waals surface area contributed by atoms with E-state index in [1.54, 1.807) is 32.0 Å². The molecule has 0 aliphatic carbocycles. The molecule has 1 aromatic rings. The molecule has 3 heteroatoms. The van der Waals surface area contributed by atoms with Gasteiger partial charge in [0.05, 0.1) is 5.56 Å². The summed E-state index contributed by atoms with van der Waals surface area (Å²) < 4.78 is 0. The van der Waals surface area contributed by atoms with E-state index < -0.39 is 0 Å². The molecule has 0 spiro atoms. The second kappa shape index (κ2) is 9.32. The Labute approximate surface area is 127 Å². The highest BCUT2D eigenvalue weighted by atomic mass is 16.3. The van der Waals surface area contributed by atoms with E-state index in [1.165, 1.54) is 0 Å². The standard InChI is InChI=1S/C18H26O3/c1-14-10-9-12-16(18(14)21)17(20)13-8-6-4-3-5-7-11-15(2)19/h9-10,12,21H,3-8,11,13H2,1-2H3. The molecular weight excluding hydrogens is 264 g/mol. The number of carbonyl (C=O) groups is 2. The number of para-hydroxylation sites is 1. The predicted octanol–water partition coefficient (Wildman–Crippen LogP) is 4.59. The fourth-order valence-electron chi connectivity index (χ4n) is 2.39. The van der Waals surface area contributed by atoms with Gasteiger partial charge in [-0.15, -0.1) is 0 Å². The number of unbranched alkanes of at least 4 members (excludes halogenated alkanes) is 5. The lowest BCUT2D eigenvalue weighted by Gasteiger charge is -2.06. The van der Waals surface area contributed by atoms with Gasteiger partial charge in [0.2, 0.25) is 0 Å². The molecule has 0 amide bonds. The molecule has 1 aromatic carbocycles. The number of carbonyl (C=O) groups excluding carboxylic acids is 2. The third-order valence-corrected chi connectivity index (χ3v) is 3.72. The lowest BCUT2D eigenvalue weighted by molar-refractivity contribution is -0.117. The van der Waals surface area contributed by atoms with Crippen LogP contribution in [0.5, 0.6) is 5.75 Å².